The minimum absolute atomic E-state index is 0.601. The summed E-state index contributed by atoms with van der Waals surface area (Å²) in [6, 6.07) is 4.33. The highest BCUT2D eigenvalue weighted by atomic mass is 16.7. The summed E-state index contributed by atoms with van der Waals surface area (Å²) in [4.78, 5) is 13.7. The lowest BCUT2D eigenvalue weighted by molar-refractivity contribution is -0.909. The van der Waals surface area contributed by atoms with Crippen LogP contribution in [0.5, 0.6) is 0 Å². The Kier molecular flexibility index (Phi) is 3.88. The molecular weight excluding hydrogens is 266 g/mol. The van der Waals surface area contributed by atoms with Gasteiger partial charge in [-0.15, -0.1) is 0 Å². The molecule has 1 aliphatic carbocycles. The van der Waals surface area contributed by atoms with Gasteiger partial charge in [0.1, 0.15) is 10.4 Å². The molecule has 1 heterocycles. The maximum atomic E-state index is 5.37. The number of hydrogen-bond donors (Lipinski definition) is 1. The highest BCUT2D eigenvalue weighted by molar-refractivity contribution is 5.74. The topological polar surface area (TPSA) is 54.2 Å². The van der Waals surface area contributed by atoms with E-state index in [2.05, 4.69) is 32.4 Å². The number of nitrogens with zero attached hydrogens (tertiary/aromatic N) is 4. The summed E-state index contributed by atoms with van der Waals surface area (Å²) in [5, 5.41) is 7.64. The fraction of sp³-hybridized carbons (Fsp3) is 0.533. The van der Waals surface area contributed by atoms with Crippen LogP contribution in [0.3, 0.4) is 0 Å². The lowest BCUT2D eigenvalue weighted by Gasteiger charge is -2.09. The summed E-state index contributed by atoms with van der Waals surface area (Å²) < 4.78 is 0. The van der Waals surface area contributed by atoms with Gasteiger partial charge in [0.05, 0.1) is 5.10 Å². The van der Waals surface area contributed by atoms with E-state index in [1.54, 1.807) is 12.0 Å². The molecule has 0 radical (unpaired) electrons. The first kappa shape index (κ1) is 14.0. The molecule has 0 fully saturated rings. The number of rotatable bonds is 5. The predicted octanol–water partition coefficient (Wildman–Crippen LogP) is 0.438. The number of aryl methyl sites for hydroxylation is 2. The van der Waals surface area contributed by atoms with E-state index in [9.17, 15) is 0 Å². The predicted molar refractivity (Wildman–Crippen MR) is 81.3 cm³/mol. The average Bonchev–Trinajstić information content (AvgIpc) is 2.91. The number of anilines is 1. The summed E-state index contributed by atoms with van der Waals surface area (Å²) in [5.41, 5.74) is 4.66. The average molecular weight is 288 g/mol. The fourth-order valence-corrected chi connectivity index (χ4v) is 2.72. The highest BCUT2D eigenvalue weighted by Crippen LogP contribution is 2.25. The van der Waals surface area contributed by atoms with Gasteiger partial charge in [0.2, 0.25) is 0 Å². The quantitative estimate of drug-likeness (QED) is 0.809. The third kappa shape index (κ3) is 2.90. The molecule has 3 rings (SSSR count). The normalized spacial score (nSPS) is 13.7. The molecule has 1 N–H and O–H groups in total. The molecule has 0 saturated carbocycles. The van der Waals surface area contributed by atoms with Crippen molar-refractivity contribution in [2.75, 3.05) is 39.6 Å². The minimum atomic E-state index is 0.601. The van der Waals surface area contributed by atoms with E-state index in [0.717, 1.165) is 37.0 Å². The summed E-state index contributed by atoms with van der Waals surface area (Å²) >= 11 is 0. The number of nitrogens with one attached hydrogen (secondary N) is 1. The van der Waals surface area contributed by atoms with Crippen LogP contribution in [0.15, 0.2) is 12.1 Å². The molecule has 112 valence electrons. The van der Waals surface area contributed by atoms with Gasteiger partial charge in [0.25, 0.3) is 5.95 Å². The van der Waals surface area contributed by atoms with Gasteiger partial charge in [-0.1, -0.05) is 0 Å². The first-order chi connectivity index (χ1) is 10.2. The van der Waals surface area contributed by atoms with Crippen molar-refractivity contribution >= 4 is 17.0 Å². The molecule has 0 amide bonds. The second-order valence-electron chi connectivity index (χ2n) is 5.68. The molecule has 1 aliphatic rings. The zero-order chi connectivity index (χ0) is 14.8. The van der Waals surface area contributed by atoms with Gasteiger partial charge in [-0.25, -0.2) is 9.82 Å². The Bertz CT molecular complexity index is 656. The molecule has 1 aromatic heterocycles. The Morgan fingerprint density at radius 3 is 2.76 bits per heavy atom. The molecule has 6 nitrogen and oxygen atoms in total. The second kappa shape index (κ2) is 5.81. The van der Waals surface area contributed by atoms with Crippen LogP contribution in [0.4, 0.5) is 5.95 Å². The third-order valence-electron chi connectivity index (χ3n) is 3.82. The van der Waals surface area contributed by atoms with Crippen LogP contribution in [0.1, 0.15) is 17.5 Å². The van der Waals surface area contributed by atoms with Gasteiger partial charge >= 0.3 is 5.52 Å². The molecule has 0 atom stereocenters. The third-order valence-corrected chi connectivity index (χ3v) is 3.82. The van der Waals surface area contributed by atoms with E-state index in [-0.39, 0.29) is 0 Å². The summed E-state index contributed by atoms with van der Waals surface area (Å²) in [6.07, 6.45) is 3.50. The Labute approximate surface area is 124 Å². The fourth-order valence-electron chi connectivity index (χ4n) is 2.72. The van der Waals surface area contributed by atoms with E-state index in [1.807, 2.05) is 14.1 Å². The van der Waals surface area contributed by atoms with Crippen molar-refractivity contribution in [1.82, 2.24) is 15.0 Å². The maximum absolute atomic E-state index is 5.37. The Hall–Kier alpha value is -1.95. The molecule has 0 bridgehead atoms. The number of fused-ring (bicyclic) bond motifs is 2. The van der Waals surface area contributed by atoms with Gasteiger partial charge in [-0.05, 0) is 50.6 Å². The Morgan fingerprint density at radius 1 is 1.29 bits per heavy atom. The lowest BCUT2D eigenvalue weighted by atomic mass is 10.1. The van der Waals surface area contributed by atoms with Crippen molar-refractivity contribution in [3.8, 4) is 0 Å². The van der Waals surface area contributed by atoms with Crippen molar-refractivity contribution in [3.63, 3.8) is 0 Å². The maximum Gasteiger partial charge on any atom is 0.315 e. The van der Waals surface area contributed by atoms with Gasteiger partial charge in [-0.3, -0.25) is 0 Å². The van der Waals surface area contributed by atoms with Crippen LogP contribution in [0.25, 0.3) is 11.0 Å². The first-order valence-electron chi connectivity index (χ1n) is 7.36. The van der Waals surface area contributed by atoms with Gasteiger partial charge in [0.15, 0.2) is 7.11 Å². The zero-order valence-corrected chi connectivity index (χ0v) is 12.9. The molecule has 1 aromatic carbocycles. The van der Waals surface area contributed by atoms with Gasteiger partial charge in [-0.2, -0.15) is 0 Å². The lowest BCUT2D eigenvalue weighted by Crippen LogP contribution is -2.46. The van der Waals surface area contributed by atoms with Crippen LogP contribution < -0.4 is 15.0 Å². The van der Waals surface area contributed by atoms with Crippen molar-refractivity contribution in [3.05, 3.63) is 23.3 Å². The summed E-state index contributed by atoms with van der Waals surface area (Å²) in [7, 11) is 5.71. The van der Waals surface area contributed by atoms with Crippen molar-refractivity contribution in [1.29, 1.82) is 0 Å². The van der Waals surface area contributed by atoms with Crippen LogP contribution in [0.2, 0.25) is 0 Å². The number of hydrogen-bond acceptors (Lipinski definition) is 5. The molecule has 0 unspecified atom stereocenters. The van der Waals surface area contributed by atoms with E-state index < -0.39 is 0 Å². The Balaban J connectivity index is 1.94. The standard InChI is InChI=1S/C15H22N5O/c1-19(2)8-7-16-15-17-13-9-11-5-4-6-12(11)10-14(13)20(18-15)21-3/h9-10H,4-8H2,1-3H3,(H,16,17,18)/q+1. The largest absolute Gasteiger partial charge is 0.348 e. The number of aromatic nitrogens is 3. The minimum Gasteiger partial charge on any atom is -0.348 e. The second-order valence-corrected chi connectivity index (χ2v) is 5.68. The highest BCUT2D eigenvalue weighted by Gasteiger charge is 2.21. The van der Waals surface area contributed by atoms with Gasteiger partial charge < -0.3 is 10.2 Å². The number of benzene rings is 1. The van der Waals surface area contributed by atoms with Crippen LogP contribution >= 0.6 is 0 Å². The molecule has 21 heavy (non-hydrogen) atoms. The van der Waals surface area contributed by atoms with E-state index in [4.69, 9.17) is 4.84 Å². The van der Waals surface area contributed by atoms with E-state index in [0.29, 0.717) is 5.95 Å². The molecule has 0 spiro atoms. The summed E-state index contributed by atoms with van der Waals surface area (Å²) in [6.45, 7) is 1.73. The zero-order valence-electron chi connectivity index (χ0n) is 12.9. The number of likely N-dealkylation sites (N-methyl/N-ethyl adjacent to an activating group) is 1. The molecule has 0 saturated heterocycles. The van der Waals surface area contributed by atoms with Crippen LogP contribution in [-0.4, -0.2) is 49.3 Å². The van der Waals surface area contributed by atoms with Crippen LogP contribution in [0, 0.1) is 0 Å². The van der Waals surface area contributed by atoms with E-state index >= 15 is 0 Å². The van der Waals surface area contributed by atoms with E-state index in [1.165, 1.54) is 17.5 Å². The van der Waals surface area contributed by atoms with Crippen LogP contribution in [-0.2, 0) is 12.8 Å². The van der Waals surface area contributed by atoms with Crippen molar-refractivity contribution in [2.24, 2.45) is 0 Å². The van der Waals surface area contributed by atoms with Crippen molar-refractivity contribution in [2.45, 2.75) is 19.3 Å². The van der Waals surface area contributed by atoms with Gasteiger partial charge in [0, 0.05) is 19.2 Å². The van der Waals surface area contributed by atoms with Crippen molar-refractivity contribution < 1.29 is 9.68 Å². The molecule has 2 aromatic rings. The smallest absolute Gasteiger partial charge is 0.315 e. The SMILES string of the molecule is CO[n+]1nc(NCCN(C)C)nc2cc3c(cc21)CCC3. The summed E-state index contributed by atoms with van der Waals surface area (Å²) in [5.74, 6) is 0.601. The first-order valence-corrected chi connectivity index (χ1v) is 7.36. The molecule has 6 heteroatoms. The Morgan fingerprint density at radius 2 is 2.05 bits per heavy atom. The molecular formula is C15H22N5O+. The monoisotopic (exact) mass is 288 g/mol. The molecule has 0 aliphatic heterocycles.